The monoisotopic (exact) mass is 555 g/mol. The number of esters is 1. The normalized spacial score (nSPS) is 12.1. The first-order valence-electron chi connectivity index (χ1n) is 13.1. The van der Waals surface area contributed by atoms with Crippen molar-refractivity contribution in [3.05, 3.63) is 36.2 Å². The average molecular weight is 556 g/mol. The largest absolute Gasteiger partial charge is 0.476 e. The van der Waals surface area contributed by atoms with Crippen LogP contribution in [0.3, 0.4) is 0 Å². The van der Waals surface area contributed by atoms with Crippen molar-refractivity contribution in [3.8, 4) is 34.5 Å². The van der Waals surface area contributed by atoms with Gasteiger partial charge in [-0.2, -0.15) is 4.98 Å². The van der Waals surface area contributed by atoms with Crippen LogP contribution in [0.4, 0.5) is 0 Å². The fourth-order valence-corrected chi connectivity index (χ4v) is 4.33. The van der Waals surface area contributed by atoms with E-state index >= 15 is 0 Å². The third-order valence-corrected chi connectivity index (χ3v) is 6.73. The van der Waals surface area contributed by atoms with E-state index in [9.17, 15) is 4.79 Å². The predicted molar refractivity (Wildman–Crippen MR) is 152 cm³/mol. The van der Waals surface area contributed by atoms with Crippen molar-refractivity contribution in [1.82, 2.24) is 24.7 Å². The second-order valence-corrected chi connectivity index (χ2v) is 17.1. The number of carbonyl (C=O) groups excluding carboxylic acids is 1. The van der Waals surface area contributed by atoms with E-state index in [2.05, 4.69) is 39.7 Å². The van der Waals surface area contributed by atoms with Crippen LogP contribution in [0, 0.1) is 12.3 Å². The molecule has 0 spiro atoms. The Bertz CT molecular complexity index is 1250. The SMILES string of the molecule is COC(=O)C(C)(C)COc1cc(C)c(-c2ccc(-c3nc(OC(C)C)n(CCOC[Si](C)(C)C)n3)cn2)cn1. The van der Waals surface area contributed by atoms with E-state index in [1.54, 1.807) is 30.9 Å². The van der Waals surface area contributed by atoms with Gasteiger partial charge in [-0.3, -0.25) is 9.78 Å². The van der Waals surface area contributed by atoms with Crippen LogP contribution in [-0.2, 0) is 20.8 Å². The van der Waals surface area contributed by atoms with Gasteiger partial charge in [0.15, 0.2) is 5.82 Å². The van der Waals surface area contributed by atoms with Crippen molar-refractivity contribution >= 4 is 14.0 Å². The molecule has 0 fully saturated rings. The molecule has 0 atom stereocenters. The van der Waals surface area contributed by atoms with Crippen LogP contribution >= 0.6 is 0 Å². The maximum Gasteiger partial charge on any atom is 0.315 e. The smallest absolute Gasteiger partial charge is 0.315 e. The zero-order valence-corrected chi connectivity index (χ0v) is 25.6. The number of nitrogens with zero attached hydrogens (tertiary/aromatic N) is 5. The zero-order valence-electron chi connectivity index (χ0n) is 24.6. The number of pyridine rings is 2. The summed E-state index contributed by atoms with van der Waals surface area (Å²) in [6.45, 7) is 17.5. The molecule has 0 saturated heterocycles. The van der Waals surface area contributed by atoms with Gasteiger partial charge in [-0.25, -0.2) is 9.67 Å². The first kappa shape index (κ1) is 30.2. The summed E-state index contributed by atoms with van der Waals surface area (Å²) in [4.78, 5) is 25.6. The summed E-state index contributed by atoms with van der Waals surface area (Å²) in [5.41, 5.74) is 2.60. The zero-order chi connectivity index (χ0) is 28.8. The molecule has 0 amide bonds. The highest BCUT2D eigenvalue weighted by Crippen LogP contribution is 2.27. The first-order valence-corrected chi connectivity index (χ1v) is 16.8. The molecule has 0 N–H and O–H groups in total. The summed E-state index contributed by atoms with van der Waals surface area (Å²) >= 11 is 0. The lowest BCUT2D eigenvalue weighted by Gasteiger charge is -2.21. The summed E-state index contributed by atoms with van der Waals surface area (Å²) < 4.78 is 24.1. The lowest BCUT2D eigenvalue weighted by molar-refractivity contribution is -0.152. The lowest BCUT2D eigenvalue weighted by Crippen LogP contribution is -2.32. The molecule has 0 aliphatic rings. The van der Waals surface area contributed by atoms with Crippen LogP contribution in [0.1, 0.15) is 33.3 Å². The number of hydrogen-bond acceptors (Lipinski definition) is 9. The number of carbonyl (C=O) groups is 1. The van der Waals surface area contributed by atoms with E-state index in [0.717, 1.165) is 28.6 Å². The van der Waals surface area contributed by atoms with Gasteiger partial charge in [-0.1, -0.05) is 19.6 Å². The minimum absolute atomic E-state index is 0.0295. The molecule has 3 heterocycles. The molecule has 39 heavy (non-hydrogen) atoms. The summed E-state index contributed by atoms with van der Waals surface area (Å²) in [7, 11) is 0.0895. The van der Waals surface area contributed by atoms with E-state index in [1.807, 2.05) is 39.0 Å². The lowest BCUT2D eigenvalue weighted by atomic mass is 9.95. The van der Waals surface area contributed by atoms with Crippen LogP contribution in [0.25, 0.3) is 22.6 Å². The van der Waals surface area contributed by atoms with Gasteiger partial charge in [0.1, 0.15) is 6.61 Å². The third-order valence-electron chi connectivity index (χ3n) is 5.66. The van der Waals surface area contributed by atoms with E-state index in [0.29, 0.717) is 30.9 Å². The molecule has 10 nitrogen and oxygen atoms in total. The van der Waals surface area contributed by atoms with Gasteiger partial charge in [0.05, 0.1) is 45.5 Å². The second-order valence-electron chi connectivity index (χ2n) is 11.7. The van der Waals surface area contributed by atoms with Gasteiger partial charge in [0.2, 0.25) is 5.88 Å². The molecule has 0 aliphatic heterocycles. The third kappa shape index (κ3) is 8.59. The number of aryl methyl sites for hydroxylation is 1. The molecule has 0 bridgehead atoms. The second kappa shape index (κ2) is 12.7. The van der Waals surface area contributed by atoms with E-state index < -0.39 is 13.5 Å². The highest BCUT2D eigenvalue weighted by molar-refractivity contribution is 6.76. The number of hydrogen-bond donors (Lipinski definition) is 0. The Hall–Kier alpha value is -3.31. The molecule has 3 aromatic rings. The summed E-state index contributed by atoms with van der Waals surface area (Å²) in [6.07, 6.45) is 4.24. The molecular formula is C28H41N5O5Si. The van der Waals surface area contributed by atoms with Gasteiger partial charge in [-0.05, 0) is 52.3 Å². The van der Waals surface area contributed by atoms with Gasteiger partial charge >= 0.3 is 12.0 Å². The van der Waals surface area contributed by atoms with E-state index in [1.165, 1.54) is 7.11 Å². The molecule has 11 heteroatoms. The Morgan fingerprint density at radius 3 is 2.46 bits per heavy atom. The minimum Gasteiger partial charge on any atom is -0.476 e. The molecule has 0 aliphatic carbocycles. The molecule has 0 saturated carbocycles. The quantitative estimate of drug-likeness (QED) is 0.164. The Balaban J connectivity index is 1.73. The number of rotatable bonds is 13. The van der Waals surface area contributed by atoms with Crippen molar-refractivity contribution in [2.75, 3.05) is 26.6 Å². The average Bonchev–Trinajstić information content (AvgIpc) is 3.26. The van der Waals surface area contributed by atoms with Crippen LogP contribution in [0.5, 0.6) is 11.9 Å². The van der Waals surface area contributed by atoms with Crippen molar-refractivity contribution in [2.24, 2.45) is 5.41 Å². The topological polar surface area (TPSA) is 110 Å². The molecule has 212 valence electrons. The Kier molecular flexibility index (Phi) is 9.84. The summed E-state index contributed by atoms with van der Waals surface area (Å²) in [5.74, 6) is 0.644. The highest BCUT2D eigenvalue weighted by atomic mass is 28.3. The van der Waals surface area contributed by atoms with Crippen molar-refractivity contribution in [1.29, 1.82) is 0 Å². The molecule has 3 rings (SSSR count). The standard InChI is InChI=1S/C28H41N5O5Si/c1-19(2)38-27-31-25(32-33(27)12-13-36-18-39(7,8)9)21-10-11-23(29-15-21)22-16-30-24(14-20(22)3)37-17-28(4,5)26(34)35-6/h10-11,14-16,19H,12-13,17-18H2,1-9H3. The first-order chi connectivity index (χ1) is 18.3. The van der Waals surface area contributed by atoms with Crippen LogP contribution < -0.4 is 9.47 Å². The number of aromatic nitrogens is 5. The van der Waals surface area contributed by atoms with Gasteiger partial charge in [0.25, 0.3) is 0 Å². The van der Waals surface area contributed by atoms with Crippen molar-refractivity contribution in [2.45, 2.75) is 66.9 Å². The van der Waals surface area contributed by atoms with Crippen molar-refractivity contribution in [3.63, 3.8) is 0 Å². The van der Waals surface area contributed by atoms with Crippen molar-refractivity contribution < 1.29 is 23.7 Å². The molecule has 0 aromatic carbocycles. The van der Waals surface area contributed by atoms with Gasteiger partial charge in [0, 0.05) is 35.8 Å². The van der Waals surface area contributed by atoms with Crippen LogP contribution in [0.2, 0.25) is 19.6 Å². The van der Waals surface area contributed by atoms with Gasteiger partial charge in [-0.15, -0.1) is 5.10 Å². The van der Waals surface area contributed by atoms with E-state index in [-0.39, 0.29) is 18.7 Å². The summed E-state index contributed by atoms with van der Waals surface area (Å²) in [5, 5.41) is 4.67. The predicted octanol–water partition coefficient (Wildman–Crippen LogP) is 4.97. The summed E-state index contributed by atoms with van der Waals surface area (Å²) in [6, 6.07) is 6.15. The van der Waals surface area contributed by atoms with Crippen LogP contribution in [-0.4, -0.2) is 71.4 Å². The maximum atomic E-state index is 11.9. The molecule has 0 radical (unpaired) electrons. The number of methoxy groups -OCH3 is 1. The molecular weight excluding hydrogens is 514 g/mol. The Morgan fingerprint density at radius 2 is 1.87 bits per heavy atom. The van der Waals surface area contributed by atoms with Crippen LogP contribution in [0.15, 0.2) is 30.6 Å². The molecule has 3 aromatic heterocycles. The number of ether oxygens (including phenoxy) is 4. The van der Waals surface area contributed by atoms with E-state index in [4.69, 9.17) is 18.9 Å². The Labute approximate surface area is 232 Å². The minimum atomic E-state index is -1.28. The maximum absolute atomic E-state index is 11.9. The Morgan fingerprint density at radius 1 is 1.13 bits per heavy atom. The fraction of sp³-hybridized carbons (Fsp3) is 0.536. The fourth-order valence-electron chi connectivity index (χ4n) is 3.58. The van der Waals surface area contributed by atoms with Gasteiger partial charge < -0.3 is 18.9 Å². The highest BCUT2D eigenvalue weighted by Gasteiger charge is 2.30. The molecule has 0 unspecified atom stereocenters.